The molecule has 3 nitrogen and oxygen atoms in total. The fourth-order valence-corrected chi connectivity index (χ4v) is 2.66. The molecular weight excluding hydrogens is 334 g/mol. The van der Waals surface area contributed by atoms with Crippen molar-refractivity contribution in [3.63, 3.8) is 0 Å². The van der Waals surface area contributed by atoms with Gasteiger partial charge in [0.15, 0.2) is 0 Å². The lowest BCUT2D eigenvalue weighted by Gasteiger charge is -2.24. The highest BCUT2D eigenvalue weighted by Crippen LogP contribution is 2.16. The Morgan fingerprint density at radius 2 is 2.35 bits per heavy atom. The summed E-state index contributed by atoms with van der Waals surface area (Å²) >= 11 is 1.98. The van der Waals surface area contributed by atoms with Gasteiger partial charge in [0.25, 0.3) is 5.91 Å². The predicted octanol–water partition coefficient (Wildman–Crippen LogP) is 1.91. The molecule has 0 unspecified atom stereocenters. The molecule has 1 aromatic carbocycles. The molecule has 1 amide bonds. The highest BCUT2D eigenvalue weighted by molar-refractivity contribution is 14.1. The summed E-state index contributed by atoms with van der Waals surface area (Å²) in [5, 5.41) is 6.08. The van der Waals surface area contributed by atoms with Gasteiger partial charge in [-0.25, -0.2) is 4.39 Å². The topological polar surface area (TPSA) is 41.1 Å². The Bertz CT molecular complexity index is 399. The Morgan fingerprint density at radius 1 is 1.53 bits per heavy atom. The smallest absolute Gasteiger partial charge is 0.255 e. The summed E-state index contributed by atoms with van der Waals surface area (Å²) < 4.78 is 14.2. The first-order valence-electron chi connectivity index (χ1n) is 5.64. The molecule has 1 fully saturated rings. The van der Waals surface area contributed by atoms with Crippen LogP contribution in [0.15, 0.2) is 18.2 Å². The molecule has 1 aliphatic heterocycles. The standard InChI is InChI=1S/C12H14FIN2O/c13-9-4-1-5-10(14)11(9)12(17)16-8-3-2-6-15-7-8/h1,4-5,8,15H,2-3,6-7H2,(H,16,17)/t8-/m0/s1. The first-order valence-corrected chi connectivity index (χ1v) is 6.72. The SMILES string of the molecule is O=C(N[C@H]1CCCNC1)c1c(F)cccc1I. The van der Waals surface area contributed by atoms with Crippen molar-refractivity contribution in [2.75, 3.05) is 13.1 Å². The molecule has 0 aromatic heterocycles. The number of hydrogen-bond acceptors (Lipinski definition) is 2. The third-order valence-electron chi connectivity index (χ3n) is 2.82. The van der Waals surface area contributed by atoms with Crippen LogP contribution in [0.25, 0.3) is 0 Å². The zero-order chi connectivity index (χ0) is 12.3. The predicted molar refractivity (Wildman–Crippen MR) is 72.5 cm³/mol. The molecule has 5 heteroatoms. The van der Waals surface area contributed by atoms with Gasteiger partial charge in [0, 0.05) is 16.2 Å². The van der Waals surface area contributed by atoms with Gasteiger partial charge in [0.2, 0.25) is 0 Å². The molecule has 92 valence electrons. The molecule has 1 heterocycles. The van der Waals surface area contributed by atoms with E-state index in [1.807, 2.05) is 22.6 Å². The maximum atomic E-state index is 13.6. The van der Waals surface area contributed by atoms with Gasteiger partial charge < -0.3 is 10.6 Å². The second-order valence-electron chi connectivity index (χ2n) is 4.11. The van der Waals surface area contributed by atoms with E-state index in [0.717, 1.165) is 25.9 Å². The molecule has 0 spiro atoms. The van der Waals surface area contributed by atoms with Crippen molar-refractivity contribution in [3.8, 4) is 0 Å². The minimum Gasteiger partial charge on any atom is -0.348 e. The molecule has 1 atom stereocenters. The van der Waals surface area contributed by atoms with Crippen molar-refractivity contribution in [3.05, 3.63) is 33.1 Å². The van der Waals surface area contributed by atoms with Gasteiger partial charge in [-0.05, 0) is 54.1 Å². The van der Waals surface area contributed by atoms with Crippen LogP contribution in [-0.2, 0) is 0 Å². The first-order chi connectivity index (χ1) is 8.18. The molecule has 1 aliphatic rings. The number of carbonyl (C=O) groups is 1. The lowest BCUT2D eigenvalue weighted by Crippen LogP contribution is -2.45. The van der Waals surface area contributed by atoms with Crippen LogP contribution >= 0.6 is 22.6 Å². The number of halogens is 2. The van der Waals surface area contributed by atoms with Crippen LogP contribution in [-0.4, -0.2) is 25.0 Å². The van der Waals surface area contributed by atoms with Gasteiger partial charge in [0.05, 0.1) is 5.56 Å². The number of rotatable bonds is 2. The molecular formula is C12H14FIN2O. The summed E-state index contributed by atoms with van der Waals surface area (Å²) in [6, 6.07) is 4.76. The van der Waals surface area contributed by atoms with Crippen LogP contribution in [0, 0.1) is 9.39 Å². The van der Waals surface area contributed by atoms with Crippen molar-refractivity contribution in [2.24, 2.45) is 0 Å². The van der Waals surface area contributed by atoms with E-state index in [4.69, 9.17) is 0 Å². The quantitative estimate of drug-likeness (QED) is 0.802. The van der Waals surface area contributed by atoms with E-state index in [1.165, 1.54) is 6.07 Å². The maximum Gasteiger partial charge on any atom is 0.255 e. The van der Waals surface area contributed by atoms with Crippen LogP contribution in [0.1, 0.15) is 23.2 Å². The number of amides is 1. The van der Waals surface area contributed by atoms with E-state index in [2.05, 4.69) is 10.6 Å². The zero-order valence-corrected chi connectivity index (χ0v) is 11.5. The van der Waals surface area contributed by atoms with E-state index in [9.17, 15) is 9.18 Å². The summed E-state index contributed by atoms with van der Waals surface area (Å²) in [4.78, 5) is 12.0. The van der Waals surface area contributed by atoms with E-state index in [1.54, 1.807) is 12.1 Å². The number of nitrogens with one attached hydrogen (secondary N) is 2. The van der Waals surface area contributed by atoms with Crippen LogP contribution in [0.3, 0.4) is 0 Å². The Kier molecular flexibility index (Phi) is 4.33. The summed E-state index contributed by atoms with van der Waals surface area (Å²) in [5.41, 5.74) is 0.152. The lowest BCUT2D eigenvalue weighted by atomic mass is 10.1. The fraction of sp³-hybridized carbons (Fsp3) is 0.417. The second kappa shape index (κ2) is 5.77. The molecule has 2 N–H and O–H groups in total. The van der Waals surface area contributed by atoms with Crippen molar-refractivity contribution >= 4 is 28.5 Å². The third-order valence-corrected chi connectivity index (χ3v) is 3.72. The highest BCUT2D eigenvalue weighted by Gasteiger charge is 2.20. The molecule has 0 aliphatic carbocycles. The summed E-state index contributed by atoms with van der Waals surface area (Å²) in [6.07, 6.45) is 1.99. The Hall–Kier alpha value is -0.690. The van der Waals surface area contributed by atoms with E-state index in [-0.39, 0.29) is 17.5 Å². The van der Waals surface area contributed by atoms with Gasteiger partial charge in [-0.1, -0.05) is 6.07 Å². The van der Waals surface area contributed by atoms with Crippen molar-refractivity contribution in [2.45, 2.75) is 18.9 Å². The molecule has 0 bridgehead atoms. The van der Waals surface area contributed by atoms with Crippen molar-refractivity contribution in [1.29, 1.82) is 0 Å². The average Bonchev–Trinajstić information content (AvgIpc) is 2.30. The summed E-state index contributed by atoms with van der Waals surface area (Å²) in [5.74, 6) is -0.778. The molecule has 0 saturated carbocycles. The Morgan fingerprint density at radius 3 is 3.00 bits per heavy atom. The number of carbonyl (C=O) groups excluding carboxylic acids is 1. The van der Waals surface area contributed by atoms with E-state index >= 15 is 0 Å². The molecule has 17 heavy (non-hydrogen) atoms. The molecule has 1 aromatic rings. The number of hydrogen-bond donors (Lipinski definition) is 2. The number of benzene rings is 1. The summed E-state index contributed by atoms with van der Waals surface area (Å²) in [6.45, 7) is 1.75. The lowest BCUT2D eigenvalue weighted by molar-refractivity contribution is 0.0925. The van der Waals surface area contributed by atoms with Gasteiger partial charge in [-0.3, -0.25) is 4.79 Å². The molecule has 1 saturated heterocycles. The van der Waals surface area contributed by atoms with Crippen molar-refractivity contribution in [1.82, 2.24) is 10.6 Å². The fourth-order valence-electron chi connectivity index (χ4n) is 1.95. The zero-order valence-electron chi connectivity index (χ0n) is 9.30. The minimum absolute atomic E-state index is 0.103. The van der Waals surface area contributed by atoms with Crippen LogP contribution < -0.4 is 10.6 Å². The van der Waals surface area contributed by atoms with Gasteiger partial charge in [-0.15, -0.1) is 0 Å². The Balaban J connectivity index is 2.08. The highest BCUT2D eigenvalue weighted by atomic mass is 127. The minimum atomic E-state index is -0.460. The van der Waals surface area contributed by atoms with Crippen molar-refractivity contribution < 1.29 is 9.18 Å². The van der Waals surface area contributed by atoms with E-state index in [0.29, 0.717) is 3.57 Å². The number of piperidine rings is 1. The van der Waals surface area contributed by atoms with Gasteiger partial charge in [0.1, 0.15) is 5.82 Å². The normalized spacial score (nSPS) is 20.0. The maximum absolute atomic E-state index is 13.6. The van der Waals surface area contributed by atoms with Crippen LogP contribution in [0.4, 0.5) is 4.39 Å². The van der Waals surface area contributed by atoms with Gasteiger partial charge in [-0.2, -0.15) is 0 Å². The second-order valence-corrected chi connectivity index (χ2v) is 5.28. The first kappa shape index (κ1) is 12.8. The monoisotopic (exact) mass is 348 g/mol. The van der Waals surface area contributed by atoms with Crippen LogP contribution in [0.5, 0.6) is 0 Å². The molecule has 2 rings (SSSR count). The molecule has 0 radical (unpaired) electrons. The van der Waals surface area contributed by atoms with Gasteiger partial charge >= 0.3 is 0 Å². The Labute approximate surface area is 113 Å². The van der Waals surface area contributed by atoms with Crippen LogP contribution in [0.2, 0.25) is 0 Å². The third kappa shape index (κ3) is 3.16. The summed E-state index contributed by atoms with van der Waals surface area (Å²) in [7, 11) is 0. The largest absolute Gasteiger partial charge is 0.348 e. The van der Waals surface area contributed by atoms with E-state index < -0.39 is 5.82 Å². The average molecular weight is 348 g/mol.